The van der Waals surface area contributed by atoms with Crippen molar-refractivity contribution in [3.63, 3.8) is 0 Å². The minimum atomic E-state index is -0.0673. The number of carbonyl (C=O) groups is 1. The third kappa shape index (κ3) is 2.94. The van der Waals surface area contributed by atoms with Gasteiger partial charge >= 0.3 is 0 Å². The molecule has 0 fully saturated rings. The quantitative estimate of drug-likeness (QED) is 0.877. The van der Waals surface area contributed by atoms with Gasteiger partial charge in [0.2, 0.25) is 0 Å². The Balaban J connectivity index is 1.66. The van der Waals surface area contributed by atoms with Crippen LogP contribution in [0.5, 0.6) is 5.75 Å². The zero-order valence-electron chi connectivity index (χ0n) is 11.5. The number of phenols is 1. The maximum atomic E-state index is 11.9. The van der Waals surface area contributed by atoms with Crippen molar-refractivity contribution in [2.45, 2.75) is 6.42 Å². The average molecular weight is 280 g/mol. The Morgan fingerprint density at radius 2 is 2.00 bits per heavy atom. The number of aromatic hydroxyl groups is 1. The van der Waals surface area contributed by atoms with Crippen molar-refractivity contribution in [1.82, 2.24) is 5.32 Å². The van der Waals surface area contributed by atoms with E-state index in [1.807, 2.05) is 24.3 Å². The Labute approximate surface area is 122 Å². The topological polar surface area (TPSA) is 61.7 Å². The molecule has 106 valence electrons. The van der Waals surface area contributed by atoms with Gasteiger partial charge < -0.3 is 10.4 Å². The monoisotopic (exact) mass is 280 g/mol. The van der Waals surface area contributed by atoms with Gasteiger partial charge in [0.05, 0.1) is 11.9 Å². The van der Waals surface area contributed by atoms with E-state index in [2.05, 4.69) is 10.3 Å². The number of fused-ring (bicyclic) bond motifs is 1. The second kappa shape index (κ2) is 5.79. The lowest BCUT2D eigenvalue weighted by Crippen LogP contribution is -2.27. The molecule has 1 aliphatic heterocycles. The van der Waals surface area contributed by atoms with Crippen LogP contribution in [0.3, 0.4) is 0 Å². The zero-order chi connectivity index (χ0) is 14.7. The molecule has 1 aliphatic rings. The van der Waals surface area contributed by atoms with Crippen LogP contribution in [0, 0.1) is 0 Å². The van der Waals surface area contributed by atoms with Gasteiger partial charge in [-0.05, 0) is 42.3 Å². The predicted molar refractivity (Wildman–Crippen MR) is 80.6 cm³/mol. The van der Waals surface area contributed by atoms with Crippen molar-refractivity contribution in [3.05, 3.63) is 64.7 Å². The van der Waals surface area contributed by atoms with Gasteiger partial charge in [-0.2, -0.15) is 0 Å². The molecular weight excluding hydrogens is 264 g/mol. The van der Waals surface area contributed by atoms with Crippen LogP contribution in [0.25, 0.3) is 5.57 Å². The van der Waals surface area contributed by atoms with E-state index >= 15 is 0 Å². The Morgan fingerprint density at radius 3 is 2.81 bits per heavy atom. The number of nitrogens with one attached hydrogen (secondary N) is 1. The number of carbonyl (C=O) groups excluding carboxylic acids is 1. The molecule has 0 spiro atoms. The molecule has 1 heterocycles. The first-order valence-corrected chi connectivity index (χ1v) is 6.93. The molecule has 0 unspecified atom stereocenters. The van der Waals surface area contributed by atoms with Gasteiger partial charge in [0.1, 0.15) is 5.75 Å². The smallest absolute Gasteiger partial charge is 0.251 e. The summed E-state index contributed by atoms with van der Waals surface area (Å²) in [5.74, 6) is 0.180. The first-order valence-electron chi connectivity index (χ1n) is 6.93. The van der Waals surface area contributed by atoms with Gasteiger partial charge in [-0.3, -0.25) is 9.79 Å². The maximum Gasteiger partial charge on any atom is 0.251 e. The summed E-state index contributed by atoms with van der Waals surface area (Å²) in [6.07, 6.45) is 0.735. The van der Waals surface area contributed by atoms with Crippen molar-refractivity contribution < 1.29 is 9.90 Å². The fourth-order valence-electron chi connectivity index (χ4n) is 2.44. The third-order valence-corrected chi connectivity index (χ3v) is 3.55. The number of benzene rings is 2. The van der Waals surface area contributed by atoms with Gasteiger partial charge in [0.25, 0.3) is 5.91 Å². The number of nitrogens with zero attached hydrogens (tertiary/aromatic N) is 1. The maximum absolute atomic E-state index is 11.9. The fraction of sp³-hybridized carbons (Fsp3) is 0.176. The van der Waals surface area contributed by atoms with E-state index in [0.717, 1.165) is 22.6 Å². The SMILES string of the molecule is O=C(NCCC1=c2cc(O)ccc2=NC1)c1ccccc1. The minimum absolute atomic E-state index is 0.0673. The molecule has 2 N–H and O–H groups in total. The molecule has 0 radical (unpaired) electrons. The number of hydrogen-bond donors (Lipinski definition) is 2. The van der Waals surface area contributed by atoms with Crippen LogP contribution in [0.4, 0.5) is 0 Å². The largest absolute Gasteiger partial charge is 0.508 e. The van der Waals surface area contributed by atoms with Crippen LogP contribution in [-0.4, -0.2) is 24.1 Å². The highest BCUT2D eigenvalue weighted by atomic mass is 16.3. The Morgan fingerprint density at radius 1 is 1.19 bits per heavy atom. The zero-order valence-corrected chi connectivity index (χ0v) is 11.5. The van der Waals surface area contributed by atoms with E-state index in [-0.39, 0.29) is 11.7 Å². The number of amides is 1. The summed E-state index contributed by atoms with van der Waals surface area (Å²) in [6, 6.07) is 14.4. The second-order valence-electron chi connectivity index (χ2n) is 4.99. The molecule has 1 amide bonds. The van der Waals surface area contributed by atoms with Gasteiger partial charge in [-0.25, -0.2) is 0 Å². The highest BCUT2D eigenvalue weighted by Crippen LogP contribution is 2.07. The number of phenolic OH excluding ortho intramolecular Hbond substituents is 1. The molecule has 4 nitrogen and oxygen atoms in total. The predicted octanol–water partition coefficient (Wildman–Crippen LogP) is 0.996. The van der Waals surface area contributed by atoms with E-state index < -0.39 is 0 Å². The Bertz CT molecular complexity index is 782. The van der Waals surface area contributed by atoms with Gasteiger partial charge in [-0.15, -0.1) is 0 Å². The highest BCUT2D eigenvalue weighted by molar-refractivity contribution is 5.94. The molecule has 0 saturated carbocycles. The number of rotatable bonds is 4. The highest BCUT2D eigenvalue weighted by Gasteiger charge is 2.08. The molecule has 4 heteroatoms. The molecule has 0 saturated heterocycles. The van der Waals surface area contributed by atoms with E-state index in [0.29, 0.717) is 18.7 Å². The average Bonchev–Trinajstić information content (AvgIpc) is 2.90. The van der Waals surface area contributed by atoms with Crippen molar-refractivity contribution in [3.8, 4) is 5.75 Å². The molecule has 2 aromatic rings. The molecule has 0 aromatic heterocycles. The van der Waals surface area contributed by atoms with Gasteiger partial charge in [0.15, 0.2) is 0 Å². The first kappa shape index (κ1) is 13.4. The molecule has 0 aliphatic carbocycles. The summed E-state index contributed by atoms with van der Waals surface area (Å²) >= 11 is 0. The van der Waals surface area contributed by atoms with Crippen LogP contribution < -0.4 is 15.9 Å². The van der Waals surface area contributed by atoms with Crippen molar-refractivity contribution in [1.29, 1.82) is 0 Å². The molecule has 0 atom stereocenters. The third-order valence-electron chi connectivity index (χ3n) is 3.55. The molecular formula is C17H16N2O2. The van der Waals surface area contributed by atoms with Crippen molar-refractivity contribution in [2.75, 3.05) is 13.1 Å². The summed E-state index contributed by atoms with van der Waals surface area (Å²) in [6.45, 7) is 1.20. The first-order chi connectivity index (χ1) is 10.2. The molecule has 21 heavy (non-hydrogen) atoms. The standard InChI is InChI=1S/C17H16N2O2/c20-14-6-7-16-15(10-14)13(11-19-16)8-9-18-17(21)12-4-2-1-3-5-12/h1-7,10,20H,8-9,11H2,(H,18,21). The summed E-state index contributed by atoms with van der Waals surface area (Å²) in [5.41, 5.74) is 1.81. The van der Waals surface area contributed by atoms with Crippen LogP contribution in [0.2, 0.25) is 0 Å². The summed E-state index contributed by atoms with van der Waals surface area (Å²) < 4.78 is 0. The van der Waals surface area contributed by atoms with Crippen LogP contribution in [0.1, 0.15) is 16.8 Å². The van der Waals surface area contributed by atoms with E-state index in [1.165, 1.54) is 0 Å². The van der Waals surface area contributed by atoms with Crippen molar-refractivity contribution in [2.24, 2.45) is 4.99 Å². The Hall–Kier alpha value is -2.62. The van der Waals surface area contributed by atoms with Crippen LogP contribution in [-0.2, 0) is 0 Å². The molecule has 2 aromatic carbocycles. The Kier molecular flexibility index (Phi) is 3.69. The van der Waals surface area contributed by atoms with Gasteiger partial charge in [-0.1, -0.05) is 18.2 Å². The molecule has 3 rings (SSSR count). The normalized spacial score (nSPS) is 12.7. The van der Waals surface area contributed by atoms with E-state index in [1.54, 1.807) is 24.3 Å². The van der Waals surface area contributed by atoms with Gasteiger partial charge in [0, 0.05) is 17.3 Å². The lowest BCUT2D eigenvalue weighted by molar-refractivity contribution is 0.0954. The fourth-order valence-corrected chi connectivity index (χ4v) is 2.44. The van der Waals surface area contributed by atoms with E-state index in [9.17, 15) is 9.90 Å². The van der Waals surface area contributed by atoms with Crippen LogP contribution >= 0.6 is 0 Å². The summed E-state index contributed by atoms with van der Waals surface area (Å²) in [7, 11) is 0. The number of hydrogen-bond acceptors (Lipinski definition) is 3. The van der Waals surface area contributed by atoms with Crippen LogP contribution in [0.15, 0.2) is 53.5 Å². The molecule has 0 bridgehead atoms. The van der Waals surface area contributed by atoms with E-state index in [4.69, 9.17) is 0 Å². The lowest BCUT2D eigenvalue weighted by atomic mass is 10.1. The minimum Gasteiger partial charge on any atom is -0.508 e. The lowest BCUT2D eigenvalue weighted by Gasteiger charge is -2.05. The summed E-state index contributed by atoms with van der Waals surface area (Å²) in [4.78, 5) is 16.4. The summed E-state index contributed by atoms with van der Waals surface area (Å²) in [5, 5.41) is 14.4. The van der Waals surface area contributed by atoms with Crippen molar-refractivity contribution >= 4 is 11.5 Å². The second-order valence-corrected chi connectivity index (χ2v) is 4.99.